The highest BCUT2D eigenvalue weighted by Crippen LogP contribution is 2.54. The number of aliphatic carboxylic acids is 1. The van der Waals surface area contributed by atoms with Gasteiger partial charge in [0.2, 0.25) is 0 Å². The molecule has 0 saturated heterocycles. The summed E-state index contributed by atoms with van der Waals surface area (Å²) in [5.41, 5.74) is 3.69. The number of carboxylic acids is 1. The Kier molecular flexibility index (Phi) is 7.58. The minimum absolute atomic E-state index is 0.0387. The van der Waals surface area contributed by atoms with Crippen molar-refractivity contribution in [1.29, 1.82) is 0 Å². The summed E-state index contributed by atoms with van der Waals surface area (Å²) in [4.78, 5) is 41.6. The van der Waals surface area contributed by atoms with Gasteiger partial charge in [-0.15, -0.1) is 0 Å². The Bertz CT molecular complexity index is 1390. The third-order valence-corrected chi connectivity index (χ3v) is 8.15. The summed E-state index contributed by atoms with van der Waals surface area (Å²) in [7, 11) is 0. The average molecular weight is 558 g/mol. The van der Waals surface area contributed by atoms with E-state index in [2.05, 4.69) is 0 Å². The van der Waals surface area contributed by atoms with Gasteiger partial charge in [0.05, 0.1) is 6.61 Å². The van der Waals surface area contributed by atoms with Gasteiger partial charge >= 0.3 is 5.97 Å². The summed E-state index contributed by atoms with van der Waals surface area (Å²) in [5, 5.41) is 9.89. The van der Waals surface area contributed by atoms with Gasteiger partial charge in [-0.1, -0.05) is 64.1 Å². The van der Waals surface area contributed by atoms with Crippen LogP contribution in [0.3, 0.4) is 0 Å². The molecule has 5 rings (SSSR count). The van der Waals surface area contributed by atoms with E-state index in [4.69, 9.17) is 9.47 Å². The van der Waals surface area contributed by atoms with E-state index in [9.17, 15) is 19.5 Å². The van der Waals surface area contributed by atoms with Crippen LogP contribution in [0.5, 0.6) is 11.5 Å². The van der Waals surface area contributed by atoms with E-state index >= 15 is 0 Å². The number of ether oxygens (including phenoxy) is 2. The summed E-state index contributed by atoms with van der Waals surface area (Å²) < 4.78 is 12.1. The average Bonchev–Trinajstić information content (AvgIpc) is 2.88. The molecule has 1 aliphatic heterocycles. The van der Waals surface area contributed by atoms with Crippen LogP contribution in [0.4, 0.5) is 0 Å². The molecule has 1 N–H and O–H groups in total. The van der Waals surface area contributed by atoms with Crippen molar-refractivity contribution < 1.29 is 29.0 Å². The number of nitrogens with zero attached hydrogens (tertiary/aromatic N) is 1. The molecule has 0 spiro atoms. The fraction of sp³-hybridized carbons (Fsp3) is 0.441. The van der Waals surface area contributed by atoms with Gasteiger partial charge in [-0.25, -0.2) is 0 Å². The van der Waals surface area contributed by atoms with Crippen LogP contribution >= 0.6 is 0 Å². The van der Waals surface area contributed by atoms with Crippen LogP contribution in [0.15, 0.2) is 71.1 Å². The lowest BCUT2D eigenvalue weighted by molar-refractivity contribution is -0.138. The van der Waals surface area contributed by atoms with Gasteiger partial charge in [-0.05, 0) is 53.9 Å². The number of hydrogen-bond acceptors (Lipinski definition) is 6. The SMILES string of the molecule is CCOc1cc(C2C3=C(CC(C)(C)CC3=O)N(CC(=O)O)C3=C2C(=O)CC(C)(C)C3)ccc1OCc1ccccc1. The molecule has 0 atom stereocenters. The zero-order chi connectivity index (χ0) is 29.5. The minimum Gasteiger partial charge on any atom is -0.490 e. The second-order valence-electron chi connectivity index (χ2n) is 12.9. The fourth-order valence-electron chi connectivity index (χ4n) is 6.53. The van der Waals surface area contributed by atoms with E-state index < -0.39 is 11.9 Å². The molecule has 216 valence electrons. The molecule has 0 aromatic heterocycles. The van der Waals surface area contributed by atoms with Crippen LogP contribution in [0, 0.1) is 10.8 Å². The number of allylic oxidation sites excluding steroid dienone is 4. The Hall–Kier alpha value is -3.87. The maximum Gasteiger partial charge on any atom is 0.323 e. The standard InChI is InChI=1S/C34H39NO6/c1-6-40-28-14-22(12-13-27(28)41-20-21-10-8-7-9-11-21)30-31-23(15-33(2,3)17-25(31)36)35(19-29(38)39)24-16-34(4,5)18-26(37)32(24)30/h7-14,30H,6,15-20H2,1-5H3,(H,38,39). The van der Waals surface area contributed by atoms with Crippen LogP contribution in [-0.2, 0) is 21.0 Å². The molecule has 2 aliphatic carbocycles. The summed E-state index contributed by atoms with van der Waals surface area (Å²) in [6.07, 6.45) is 1.78. The zero-order valence-electron chi connectivity index (χ0n) is 24.6. The normalized spacial score (nSPS) is 20.1. The molecule has 2 aromatic rings. The first kappa shape index (κ1) is 28.7. The molecule has 7 heteroatoms. The fourth-order valence-corrected chi connectivity index (χ4v) is 6.53. The molecular formula is C34H39NO6. The molecular weight excluding hydrogens is 518 g/mol. The first-order valence-corrected chi connectivity index (χ1v) is 14.3. The molecule has 0 fully saturated rings. The number of benzene rings is 2. The highest BCUT2D eigenvalue weighted by atomic mass is 16.5. The molecule has 2 aromatic carbocycles. The van der Waals surface area contributed by atoms with Crippen molar-refractivity contribution in [2.75, 3.05) is 13.2 Å². The number of hydrogen-bond donors (Lipinski definition) is 1. The molecule has 41 heavy (non-hydrogen) atoms. The lowest BCUT2D eigenvalue weighted by atomic mass is 9.63. The summed E-state index contributed by atoms with van der Waals surface area (Å²) in [5.74, 6) is -0.526. The van der Waals surface area contributed by atoms with Gasteiger partial charge < -0.3 is 19.5 Å². The second kappa shape index (κ2) is 10.8. The molecule has 0 saturated carbocycles. The van der Waals surface area contributed by atoms with E-state index in [1.165, 1.54) is 0 Å². The van der Waals surface area contributed by atoms with E-state index in [0.717, 1.165) is 22.5 Å². The lowest BCUT2D eigenvalue weighted by Gasteiger charge is -2.48. The second-order valence-corrected chi connectivity index (χ2v) is 12.9. The van der Waals surface area contributed by atoms with Crippen LogP contribution < -0.4 is 9.47 Å². The Labute approximate surface area is 241 Å². The molecule has 3 aliphatic rings. The number of Topliss-reactive ketones (excluding diaryl/α,β-unsaturated/α-hetero) is 2. The Morgan fingerprint density at radius 1 is 0.854 bits per heavy atom. The van der Waals surface area contributed by atoms with E-state index in [-0.39, 0.29) is 28.9 Å². The number of carbonyl (C=O) groups excluding carboxylic acids is 2. The van der Waals surface area contributed by atoms with Crippen LogP contribution in [0.1, 0.15) is 77.3 Å². The molecule has 0 unspecified atom stereocenters. The van der Waals surface area contributed by atoms with E-state index in [0.29, 0.717) is 61.5 Å². The predicted molar refractivity (Wildman–Crippen MR) is 156 cm³/mol. The topological polar surface area (TPSA) is 93.1 Å². The highest BCUT2D eigenvalue weighted by Gasteiger charge is 2.49. The quantitative estimate of drug-likeness (QED) is 0.400. The van der Waals surface area contributed by atoms with Crippen molar-refractivity contribution in [3.63, 3.8) is 0 Å². The molecule has 1 heterocycles. The monoisotopic (exact) mass is 557 g/mol. The van der Waals surface area contributed by atoms with Crippen molar-refractivity contribution in [2.45, 2.75) is 72.8 Å². The smallest absolute Gasteiger partial charge is 0.323 e. The Balaban J connectivity index is 1.65. The maximum atomic E-state index is 13.9. The molecule has 0 radical (unpaired) electrons. The van der Waals surface area contributed by atoms with Crippen molar-refractivity contribution in [3.05, 3.63) is 82.2 Å². The molecule has 7 nitrogen and oxygen atoms in total. The summed E-state index contributed by atoms with van der Waals surface area (Å²) >= 11 is 0. The van der Waals surface area contributed by atoms with Gasteiger partial charge in [0.15, 0.2) is 23.1 Å². The first-order chi connectivity index (χ1) is 19.4. The largest absolute Gasteiger partial charge is 0.490 e. The summed E-state index contributed by atoms with van der Waals surface area (Å²) in [6, 6.07) is 15.5. The lowest BCUT2D eigenvalue weighted by Crippen LogP contribution is -2.45. The van der Waals surface area contributed by atoms with Gasteiger partial charge in [0.1, 0.15) is 13.2 Å². The third kappa shape index (κ3) is 5.81. The summed E-state index contributed by atoms with van der Waals surface area (Å²) in [6.45, 7) is 10.6. The van der Waals surface area contributed by atoms with Gasteiger partial charge in [0, 0.05) is 41.3 Å². The highest BCUT2D eigenvalue weighted by molar-refractivity contribution is 6.07. The van der Waals surface area contributed by atoms with Gasteiger partial charge in [0.25, 0.3) is 0 Å². The first-order valence-electron chi connectivity index (χ1n) is 14.3. The van der Waals surface area contributed by atoms with Gasteiger partial charge in [-0.2, -0.15) is 0 Å². The zero-order valence-corrected chi connectivity index (χ0v) is 24.6. The van der Waals surface area contributed by atoms with Crippen molar-refractivity contribution in [2.24, 2.45) is 10.8 Å². The molecule has 0 bridgehead atoms. The number of carbonyl (C=O) groups is 3. The van der Waals surface area contributed by atoms with Crippen molar-refractivity contribution in [3.8, 4) is 11.5 Å². The Morgan fingerprint density at radius 3 is 1.98 bits per heavy atom. The van der Waals surface area contributed by atoms with Crippen molar-refractivity contribution >= 4 is 17.5 Å². The van der Waals surface area contributed by atoms with E-state index in [1.54, 1.807) is 4.90 Å². The number of carboxylic acid groups (broad SMARTS) is 1. The number of rotatable bonds is 8. The minimum atomic E-state index is -0.993. The Morgan fingerprint density at radius 2 is 1.44 bits per heavy atom. The van der Waals surface area contributed by atoms with Crippen LogP contribution in [0.25, 0.3) is 0 Å². The van der Waals surface area contributed by atoms with Crippen LogP contribution in [-0.4, -0.2) is 40.7 Å². The van der Waals surface area contributed by atoms with Gasteiger partial charge in [-0.3, -0.25) is 14.4 Å². The third-order valence-electron chi connectivity index (χ3n) is 8.15. The van der Waals surface area contributed by atoms with Crippen molar-refractivity contribution in [1.82, 2.24) is 4.90 Å². The maximum absolute atomic E-state index is 13.9. The van der Waals surface area contributed by atoms with Crippen LogP contribution in [0.2, 0.25) is 0 Å². The van der Waals surface area contributed by atoms with E-state index in [1.807, 2.05) is 83.1 Å². The number of ketones is 2. The predicted octanol–water partition coefficient (Wildman–Crippen LogP) is 6.43. The molecule has 0 amide bonds.